The molecule has 0 spiro atoms. The van der Waals surface area contributed by atoms with Crippen molar-refractivity contribution in [3.05, 3.63) is 124 Å². The van der Waals surface area contributed by atoms with E-state index in [4.69, 9.17) is 18.1 Å². The summed E-state index contributed by atoms with van der Waals surface area (Å²) in [6, 6.07) is 25.1. The lowest BCUT2D eigenvalue weighted by Gasteiger charge is -2.05. The minimum Gasteiger partial charge on any atom is -0.507 e. The minimum atomic E-state index is -4.38. The van der Waals surface area contributed by atoms with E-state index in [-0.39, 0.29) is 33.3 Å². The third-order valence-corrected chi connectivity index (χ3v) is 6.78. The fraction of sp³-hybridized carbons (Fsp3) is 0.0323. The van der Waals surface area contributed by atoms with Gasteiger partial charge in [-0.15, -0.1) is 0 Å². The molecule has 0 aliphatic rings. The number of phenolic OH excluding ortho intramolecular Hbond substituents is 1. The lowest BCUT2D eigenvalue weighted by atomic mass is 10.1. The summed E-state index contributed by atoms with van der Waals surface area (Å²) in [6.45, 7) is 0. The molecule has 6 rings (SSSR count). The number of ether oxygens (including phenoxy) is 1. The van der Waals surface area contributed by atoms with E-state index < -0.39 is 10.3 Å². The number of anilines is 1. The van der Waals surface area contributed by atoms with Crippen LogP contribution in [-0.2, 0) is 10.3 Å². The molecule has 0 aliphatic carbocycles. The highest BCUT2D eigenvalue weighted by molar-refractivity contribution is 7.87. The van der Waals surface area contributed by atoms with Crippen molar-refractivity contribution in [2.45, 2.75) is 0 Å². The third kappa shape index (κ3) is 6.02. The Morgan fingerprint density at radius 2 is 1.38 bits per heavy atom. The van der Waals surface area contributed by atoms with Gasteiger partial charge in [0.25, 0.3) is 0 Å². The van der Waals surface area contributed by atoms with Crippen LogP contribution in [0.25, 0.3) is 44.2 Å². The Morgan fingerprint density at radius 3 is 2.05 bits per heavy atom. The molecule has 3 N–H and O–H groups in total. The average Bonchev–Trinajstić information content (AvgIpc) is 2.98. The van der Waals surface area contributed by atoms with Gasteiger partial charge in [0.1, 0.15) is 40.6 Å². The minimum absolute atomic E-state index is 0.0772. The van der Waals surface area contributed by atoms with Gasteiger partial charge in [0.2, 0.25) is 5.43 Å². The summed E-state index contributed by atoms with van der Waals surface area (Å²) in [7, 11) is -2.80. The van der Waals surface area contributed by atoms with E-state index in [1.807, 2.05) is 22.9 Å². The predicted octanol–water partition coefficient (Wildman–Crippen LogP) is 5.85. The van der Waals surface area contributed by atoms with Crippen LogP contribution >= 0.6 is 0 Å². The molecule has 0 aliphatic heterocycles. The molecule has 212 valence electrons. The summed E-state index contributed by atoms with van der Waals surface area (Å²) in [6.07, 6.45) is 2.74. The van der Waals surface area contributed by atoms with Gasteiger partial charge in [-0.25, -0.2) is 0 Å². The molecule has 0 saturated carbocycles. The van der Waals surface area contributed by atoms with Crippen molar-refractivity contribution in [3.8, 4) is 33.8 Å². The first-order chi connectivity index (χ1) is 20.1. The quantitative estimate of drug-likeness (QED) is 0.211. The van der Waals surface area contributed by atoms with Gasteiger partial charge in [0.15, 0.2) is 5.43 Å². The first-order valence-electron chi connectivity index (χ1n) is 12.4. The molecular weight excluding hydrogens is 562 g/mol. The van der Waals surface area contributed by atoms with Crippen LogP contribution in [0.4, 0.5) is 5.69 Å². The van der Waals surface area contributed by atoms with E-state index in [1.165, 1.54) is 36.8 Å². The number of hydrogen-bond acceptors (Lipinski definition) is 8. The van der Waals surface area contributed by atoms with Gasteiger partial charge >= 0.3 is 10.3 Å². The van der Waals surface area contributed by atoms with Crippen molar-refractivity contribution in [1.29, 1.82) is 0 Å². The molecule has 42 heavy (non-hydrogen) atoms. The molecule has 0 fully saturated rings. The van der Waals surface area contributed by atoms with Gasteiger partial charge in [0, 0.05) is 6.07 Å². The monoisotopic (exact) mass is 585 g/mol. The predicted molar refractivity (Wildman–Crippen MR) is 159 cm³/mol. The van der Waals surface area contributed by atoms with Crippen molar-refractivity contribution in [2.24, 2.45) is 0 Å². The van der Waals surface area contributed by atoms with E-state index in [9.17, 15) is 23.1 Å². The number of phenols is 1. The number of fused-ring (bicyclic) bond motifs is 2. The Morgan fingerprint density at radius 1 is 0.738 bits per heavy atom. The molecular formula is C31H23NO9S. The van der Waals surface area contributed by atoms with Crippen LogP contribution in [0.15, 0.2) is 122 Å². The molecule has 0 bridgehead atoms. The second-order valence-corrected chi connectivity index (χ2v) is 10.1. The van der Waals surface area contributed by atoms with Crippen LogP contribution in [0, 0.1) is 0 Å². The lowest BCUT2D eigenvalue weighted by Crippen LogP contribution is -2.11. The Hall–Kier alpha value is -5.39. The van der Waals surface area contributed by atoms with Gasteiger partial charge in [-0.2, -0.15) is 8.42 Å². The first kappa shape index (κ1) is 28.1. The Labute approximate surface area is 238 Å². The van der Waals surface area contributed by atoms with Crippen LogP contribution in [-0.4, -0.2) is 25.2 Å². The van der Waals surface area contributed by atoms with E-state index in [1.54, 1.807) is 55.6 Å². The molecule has 0 unspecified atom stereocenters. The smallest absolute Gasteiger partial charge is 0.357 e. The van der Waals surface area contributed by atoms with Gasteiger partial charge in [0.05, 0.1) is 29.3 Å². The second-order valence-electron chi connectivity index (χ2n) is 8.99. The number of aromatic hydroxyl groups is 1. The van der Waals surface area contributed by atoms with Gasteiger partial charge < -0.3 is 18.7 Å². The zero-order valence-electron chi connectivity index (χ0n) is 22.0. The number of nitrogens with one attached hydrogen (secondary N) is 1. The normalized spacial score (nSPS) is 11.1. The second kappa shape index (κ2) is 11.6. The van der Waals surface area contributed by atoms with Gasteiger partial charge in [-0.05, 0) is 47.5 Å². The summed E-state index contributed by atoms with van der Waals surface area (Å²) in [5.74, 6) is 0.633. The maximum absolute atomic E-state index is 12.5. The molecule has 2 aromatic heterocycles. The van der Waals surface area contributed by atoms with E-state index in [2.05, 4.69) is 0 Å². The molecule has 0 saturated heterocycles. The number of benzene rings is 4. The Kier molecular flexibility index (Phi) is 7.78. The zero-order valence-corrected chi connectivity index (χ0v) is 22.8. The molecule has 2 heterocycles. The Bertz CT molecular complexity index is 2120. The highest BCUT2D eigenvalue weighted by Gasteiger charge is 2.13. The number of rotatable bonds is 5. The highest BCUT2D eigenvalue weighted by Crippen LogP contribution is 2.26. The molecule has 6 aromatic rings. The van der Waals surface area contributed by atoms with E-state index in [0.29, 0.717) is 33.4 Å². The topological polar surface area (TPSA) is 156 Å². The van der Waals surface area contributed by atoms with Crippen LogP contribution in [0.1, 0.15) is 0 Å². The van der Waals surface area contributed by atoms with Crippen LogP contribution < -0.4 is 20.3 Å². The first-order valence-corrected chi connectivity index (χ1v) is 13.8. The van der Waals surface area contributed by atoms with Crippen molar-refractivity contribution in [2.75, 3.05) is 11.8 Å². The SMILES string of the molecule is COc1ccc(-c2coc3cccc(O)c3c2=O)cc1.O=c1c(-c2ccccc2)coc2cc(NS(=O)(=O)O)ccc12. The van der Waals surface area contributed by atoms with E-state index in [0.717, 1.165) is 5.56 Å². The summed E-state index contributed by atoms with van der Waals surface area (Å²) >= 11 is 0. The highest BCUT2D eigenvalue weighted by atomic mass is 32.2. The number of hydrogen-bond donors (Lipinski definition) is 3. The standard InChI is InChI=1S/C16H12O4.C15H11NO5S/c1-19-11-7-5-10(6-8-11)12-9-20-14-4-2-3-13(17)15(14)16(12)18;17-15-12-7-6-11(16-22(18,19)20)8-14(12)21-9-13(15)10-4-2-1-3-5-10/h2-9,17H,1H3;1-9,16H,(H,18,19,20). The fourth-order valence-electron chi connectivity index (χ4n) is 4.28. The van der Waals surface area contributed by atoms with Crippen LogP contribution in [0.3, 0.4) is 0 Å². The van der Waals surface area contributed by atoms with Crippen molar-refractivity contribution < 1.29 is 31.6 Å². The molecule has 4 aromatic carbocycles. The largest absolute Gasteiger partial charge is 0.507 e. The number of methoxy groups -OCH3 is 1. The summed E-state index contributed by atoms with van der Waals surface area (Å²) in [5.41, 5.74) is 2.49. The fourth-order valence-corrected chi connectivity index (χ4v) is 4.71. The molecule has 10 nitrogen and oxygen atoms in total. The van der Waals surface area contributed by atoms with Crippen molar-refractivity contribution in [1.82, 2.24) is 0 Å². The van der Waals surface area contributed by atoms with Crippen molar-refractivity contribution in [3.63, 3.8) is 0 Å². The average molecular weight is 586 g/mol. The summed E-state index contributed by atoms with van der Waals surface area (Å²) in [4.78, 5) is 24.9. The Balaban J connectivity index is 0.000000169. The molecule has 0 atom stereocenters. The molecule has 0 amide bonds. The molecule has 11 heteroatoms. The van der Waals surface area contributed by atoms with Crippen LogP contribution in [0.5, 0.6) is 11.5 Å². The van der Waals surface area contributed by atoms with Crippen LogP contribution in [0.2, 0.25) is 0 Å². The zero-order chi connectivity index (χ0) is 29.9. The summed E-state index contributed by atoms with van der Waals surface area (Å²) in [5, 5.41) is 10.3. The lowest BCUT2D eigenvalue weighted by molar-refractivity contribution is 0.415. The van der Waals surface area contributed by atoms with Gasteiger partial charge in [-0.1, -0.05) is 48.5 Å². The summed E-state index contributed by atoms with van der Waals surface area (Å²) < 4.78 is 48.2. The molecule has 0 radical (unpaired) electrons. The third-order valence-electron chi connectivity index (χ3n) is 6.29. The maximum Gasteiger partial charge on any atom is 0.357 e. The van der Waals surface area contributed by atoms with Crippen molar-refractivity contribution >= 4 is 37.9 Å². The van der Waals surface area contributed by atoms with Gasteiger partial charge in [-0.3, -0.25) is 18.9 Å². The van der Waals surface area contributed by atoms with E-state index >= 15 is 0 Å². The maximum atomic E-state index is 12.5.